The van der Waals surface area contributed by atoms with Crippen molar-refractivity contribution in [2.75, 3.05) is 49.2 Å². The zero-order chi connectivity index (χ0) is 21.8. The molecule has 0 saturated carbocycles. The SMILES string of the molecule is COc1ccccc1N1CC[NH+](Cc2nc(N)nc(Nc3ccc(C)cc3C)n2)CC1. The lowest BCUT2D eigenvalue weighted by Crippen LogP contribution is -3.13. The molecule has 1 fully saturated rings. The second-order valence-electron chi connectivity index (χ2n) is 7.96. The number of nitrogen functional groups attached to an aromatic ring is 1. The van der Waals surface area contributed by atoms with Crippen LogP contribution >= 0.6 is 0 Å². The number of para-hydroxylation sites is 2. The summed E-state index contributed by atoms with van der Waals surface area (Å²) in [5, 5.41) is 3.29. The molecule has 2 aromatic carbocycles. The molecule has 1 aliphatic rings. The van der Waals surface area contributed by atoms with Crippen LogP contribution in [0.3, 0.4) is 0 Å². The summed E-state index contributed by atoms with van der Waals surface area (Å²) < 4.78 is 5.51. The third-order valence-corrected chi connectivity index (χ3v) is 5.63. The number of rotatable bonds is 6. The molecule has 1 aliphatic heterocycles. The normalized spacial score (nSPS) is 14.5. The van der Waals surface area contributed by atoms with E-state index in [-0.39, 0.29) is 5.95 Å². The van der Waals surface area contributed by atoms with Crippen LogP contribution in [0.15, 0.2) is 42.5 Å². The number of aryl methyl sites for hydroxylation is 2. The first-order valence-corrected chi connectivity index (χ1v) is 10.6. The Labute approximate surface area is 183 Å². The van der Waals surface area contributed by atoms with E-state index in [1.165, 1.54) is 10.5 Å². The molecule has 4 rings (SSSR count). The van der Waals surface area contributed by atoms with Crippen molar-refractivity contribution in [3.8, 4) is 5.75 Å². The molecule has 0 amide bonds. The van der Waals surface area contributed by atoms with E-state index in [1.807, 2.05) is 18.2 Å². The number of hydrogen-bond acceptors (Lipinski definition) is 7. The van der Waals surface area contributed by atoms with Crippen LogP contribution in [0.5, 0.6) is 5.75 Å². The second-order valence-corrected chi connectivity index (χ2v) is 7.96. The molecule has 8 nitrogen and oxygen atoms in total. The van der Waals surface area contributed by atoms with Crippen molar-refractivity contribution in [2.24, 2.45) is 0 Å². The third kappa shape index (κ3) is 5.03. The van der Waals surface area contributed by atoms with E-state index in [0.717, 1.165) is 48.9 Å². The van der Waals surface area contributed by atoms with Gasteiger partial charge >= 0.3 is 0 Å². The number of nitrogens with one attached hydrogen (secondary N) is 2. The van der Waals surface area contributed by atoms with Crippen LogP contribution in [0.1, 0.15) is 17.0 Å². The Kier molecular flexibility index (Phi) is 6.18. The van der Waals surface area contributed by atoms with Crippen molar-refractivity contribution in [1.29, 1.82) is 0 Å². The number of nitrogens with zero attached hydrogens (tertiary/aromatic N) is 4. The van der Waals surface area contributed by atoms with Crippen LogP contribution in [0, 0.1) is 13.8 Å². The van der Waals surface area contributed by atoms with E-state index in [9.17, 15) is 0 Å². The van der Waals surface area contributed by atoms with Crippen LogP contribution in [0.4, 0.5) is 23.3 Å². The van der Waals surface area contributed by atoms with Crippen LogP contribution in [0.25, 0.3) is 0 Å². The fourth-order valence-corrected chi connectivity index (χ4v) is 4.00. The molecule has 0 atom stereocenters. The lowest BCUT2D eigenvalue weighted by Gasteiger charge is -2.34. The summed E-state index contributed by atoms with van der Waals surface area (Å²) in [7, 11) is 1.72. The summed E-state index contributed by atoms with van der Waals surface area (Å²) in [5.41, 5.74) is 10.5. The van der Waals surface area contributed by atoms with Gasteiger partial charge in [0.2, 0.25) is 11.9 Å². The second kappa shape index (κ2) is 9.18. The van der Waals surface area contributed by atoms with Crippen LogP contribution in [-0.2, 0) is 6.54 Å². The minimum Gasteiger partial charge on any atom is -0.495 e. The van der Waals surface area contributed by atoms with E-state index in [0.29, 0.717) is 18.3 Å². The molecule has 0 aliphatic carbocycles. The zero-order valence-electron chi connectivity index (χ0n) is 18.4. The lowest BCUT2D eigenvalue weighted by atomic mass is 10.1. The summed E-state index contributed by atoms with van der Waals surface area (Å²) in [5.74, 6) is 2.35. The number of anilines is 4. The maximum absolute atomic E-state index is 5.98. The molecule has 1 saturated heterocycles. The largest absolute Gasteiger partial charge is 0.495 e. The van der Waals surface area contributed by atoms with E-state index in [4.69, 9.17) is 10.5 Å². The molecule has 8 heteroatoms. The van der Waals surface area contributed by atoms with Gasteiger partial charge in [0.1, 0.15) is 12.3 Å². The molecule has 2 heterocycles. The Hall–Kier alpha value is -3.39. The molecule has 0 bridgehead atoms. The summed E-state index contributed by atoms with van der Waals surface area (Å²) in [6, 6.07) is 14.4. The highest BCUT2D eigenvalue weighted by molar-refractivity contribution is 5.59. The van der Waals surface area contributed by atoms with Crippen LogP contribution < -0.4 is 25.6 Å². The van der Waals surface area contributed by atoms with Crippen molar-refractivity contribution in [2.45, 2.75) is 20.4 Å². The number of piperazine rings is 1. The number of methoxy groups -OCH3 is 1. The fraction of sp³-hybridized carbons (Fsp3) is 0.348. The minimum absolute atomic E-state index is 0.240. The van der Waals surface area contributed by atoms with E-state index < -0.39 is 0 Å². The topological polar surface area (TPSA) is 93.6 Å². The predicted octanol–water partition coefficient (Wildman–Crippen LogP) is 1.73. The van der Waals surface area contributed by atoms with Gasteiger partial charge < -0.3 is 25.6 Å². The monoisotopic (exact) mass is 420 g/mol. The van der Waals surface area contributed by atoms with E-state index in [1.54, 1.807) is 7.11 Å². The maximum atomic E-state index is 5.98. The Morgan fingerprint density at radius 2 is 1.84 bits per heavy atom. The number of benzene rings is 2. The molecule has 31 heavy (non-hydrogen) atoms. The minimum atomic E-state index is 0.240. The van der Waals surface area contributed by atoms with Crippen molar-refractivity contribution in [1.82, 2.24) is 15.0 Å². The first kappa shape index (κ1) is 20.9. The maximum Gasteiger partial charge on any atom is 0.232 e. The summed E-state index contributed by atoms with van der Waals surface area (Å²) >= 11 is 0. The number of hydrogen-bond donors (Lipinski definition) is 3. The fourth-order valence-electron chi connectivity index (χ4n) is 4.00. The van der Waals surface area contributed by atoms with Gasteiger partial charge in [0.05, 0.1) is 39.0 Å². The first-order valence-electron chi connectivity index (χ1n) is 10.6. The lowest BCUT2D eigenvalue weighted by molar-refractivity contribution is -0.915. The van der Waals surface area contributed by atoms with Gasteiger partial charge in [-0.05, 0) is 37.6 Å². The van der Waals surface area contributed by atoms with Crippen LogP contribution in [-0.4, -0.2) is 48.2 Å². The zero-order valence-corrected chi connectivity index (χ0v) is 18.4. The highest BCUT2D eigenvalue weighted by atomic mass is 16.5. The smallest absolute Gasteiger partial charge is 0.232 e. The van der Waals surface area contributed by atoms with Crippen molar-refractivity contribution in [3.63, 3.8) is 0 Å². The Bertz CT molecular complexity index is 1050. The summed E-state index contributed by atoms with van der Waals surface area (Å²) in [4.78, 5) is 17.1. The highest BCUT2D eigenvalue weighted by Crippen LogP contribution is 2.27. The molecule has 0 radical (unpaired) electrons. The van der Waals surface area contributed by atoms with E-state index in [2.05, 4.69) is 63.3 Å². The predicted molar refractivity (Wildman–Crippen MR) is 123 cm³/mol. The Balaban J connectivity index is 1.41. The number of ether oxygens (including phenoxy) is 1. The summed E-state index contributed by atoms with van der Waals surface area (Å²) in [6.45, 7) is 8.73. The van der Waals surface area contributed by atoms with Gasteiger partial charge in [0.15, 0.2) is 5.82 Å². The Morgan fingerprint density at radius 1 is 1.06 bits per heavy atom. The molecular formula is C23H30N7O+. The molecule has 3 aromatic rings. The van der Waals surface area contributed by atoms with Gasteiger partial charge in [-0.3, -0.25) is 0 Å². The van der Waals surface area contributed by atoms with Gasteiger partial charge in [0.25, 0.3) is 0 Å². The molecule has 0 unspecified atom stereocenters. The molecule has 1 aromatic heterocycles. The molecular weight excluding hydrogens is 390 g/mol. The number of aromatic nitrogens is 3. The standard InChI is InChI=1S/C23H29N7O/c1-16-8-9-18(17(2)14-16)25-23-27-21(26-22(24)28-23)15-29-10-12-30(13-11-29)19-6-4-5-7-20(19)31-3/h4-9,14H,10-13,15H2,1-3H3,(H3,24,25,26,27,28)/p+1. The van der Waals surface area contributed by atoms with Gasteiger partial charge in [-0.1, -0.05) is 29.8 Å². The van der Waals surface area contributed by atoms with Crippen molar-refractivity contribution in [3.05, 3.63) is 59.4 Å². The molecule has 4 N–H and O–H groups in total. The van der Waals surface area contributed by atoms with Crippen LogP contribution in [0.2, 0.25) is 0 Å². The van der Waals surface area contributed by atoms with Crippen molar-refractivity contribution < 1.29 is 9.64 Å². The highest BCUT2D eigenvalue weighted by Gasteiger charge is 2.23. The average molecular weight is 421 g/mol. The summed E-state index contributed by atoms with van der Waals surface area (Å²) in [6.07, 6.45) is 0. The number of nitrogens with two attached hydrogens (primary N) is 1. The quantitative estimate of drug-likeness (QED) is 0.559. The number of quaternary nitrogens is 1. The van der Waals surface area contributed by atoms with E-state index >= 15 is 0 Å². The van der Waals surface area contributed by atoms with Gasteiger partial charge in [-0.2, -0.15) is 15.0 Å². The first-order chi connectivity index (χ1) is 15.0. The van der Waals surface area contributed by atoms with Crippen molar-refractivity contribution >= 4 is 23.3 Å². The average Bonchev–Trinajstić information content (AvgIpc) is 2.76. The third-order valence-electron chi connectivity index (χ3n) is 5.63. The van der Waals surface area contributed by atoms with Gasteiger partial charge in [0, 0.05) is 5.69 Å². The van der Waals surface area contributed by atoms with Gasteiger partial charge in [-0.25, -0.2) is 0 Å². The Morgan fingerprint density at radius 3 is 2.58 bits per heavy atom. The molecule has 162 valence electrons. The van der Waals surface area contributed by atoms with Gasteiger partial charge in [-0.15, -0.1) is 0 Å². The molecule has 0 spiro atoms.